The Labute approximate surface area is 70.4 Å². The zero-order valence-electron chi connectivity index (χ0n) is 6.75. The Hall–Kier alpha value is -0.0600. The first-order chi connectivity index (χ1) is 5.16. The largest absolute Gasteiger partial charge is 0.333 e. The Balaban J connectivity index is 2.41. The smallest absolute Gasteiger partial charge is 0.215 e. The molecule has 1 aliphatic rings. The molecule has 4 heteroatoms. The highest BCUT2D eigenvalue weighted by atomic mass is 32.2. The molecule has 1 heterocycles. The molecule has 0 saturated carbocycles. The molecule has 0 amide bonds. The number of ether oxygens (including phenoxy) is 2. The van der Waals surface area contributed by atoms with Crippen molar-refractivity contribution >= 4 is 17.5 Å². The van der Waals surface area contributed by atoms with Crippen molar-refractivity contribution in [1.82, 2.24) is 0 Å². The number of carbonyl (C=O) groups is 1. The minimum absolute atomic E-state index is 0.0131. The van der Waals surface area contributed by atoms with Crippen molar-refractivity contribution in [2.45, 2.75) is 19.0 Å². The average Bonchev–Trinajstić information content (AvgIpc) is 1.97. The zero-order valence-corrected chi connectivity index (χ0v) is 7.57. The predicted octanol–water partition coefficient (Wildman–Crippen LogP) is 1.03. The van der Waals surface area contributed by atoms with Crippen molar-refractivity contribution in [2.75, 3.05) is 19.0 Å². The van der Waals surface area contributed by atoms with E-state index in [0.29, 0.717) is 0 Å². The van der Waals surface area contributed by atoms with Crippen molar-refractivity contribution in [2.24, 2.45) is 0 Å². The van der Waals surface area contributed by atoms with Crippen LogP contribution in [-0.2, 0) is 14.3 Å². The first-order valence-electron chi connectivity index (χ1n) is 3.60. The van der Waals surface area contributed by atoms with Crippen LogP contribution in [0, 0.1) is 0 Å². The lowest BCUT2D eigenvalue weighted by atomic mass is 10.4. The molecule has 0 spiro atoms. The van der Waals surface area contributed by atoms with E-state index in [9.17, 15) is 4.79 Å². The molecular formula is C7H12O3S. The van der Waals surface area contributed by atoms with Crippen molar-refractivity contribution in [3.05, 3.63) is 0 Å². The van der Waals surface area contributed by atoms with Crippen LogP contribution in [0.25, 0.3) is 0 Å². The van der Waals surface area contributed by atoms with Gasteiger partial charge in [0.1, 0.15) is 13.2 Å². The molecule has 0 aromatic rings. The number of Topliss-reactive ketones (excluding diaryl/α,β-unsaturated/α-hetero) is 1. The van der Waals surface area contributed by atoms with Crippen molar-refractivity contribution in [3.63, 3.8) is 0 Å². The van der Waals surface area contributed by atoms with E-state index in [1.807, 2.05) is 13.8 Å². The zero-order chi connectivity index (χ0) is 8.32. The Morgan fingerprint density at radius 3 is 2.55 bits per heavy atom. The van der Waals surface area contributed by atoms with Crippen LogP contribution in [0.4, 0.5) is 0 Å². The molecule has 0 bridgehead atoms. The summed E-state index contributed by atoms with van der Waals surface area (Å²) in [7, 11) is 0. The van der Waals surface area contributed by atoms with E-state index in [4.69, 9.17) is 9.47 Å². The van der Waals surface area contributed by atoms with Gasteiger partial charge >= 0.3 is 0 Å². The van der Waals surface area contributed by atoms with E-state index in [-0.39, 0.29) is 19.0 Å². The Kier molecular flexibility index (Phi) is 2.92. The maximum Gasteiger partial charge on any atom is 0.215 e. The number of hydrogen-bond acceptors (Lipinski definition) is 4. The van der Waals surface area contributed by atoms with Gasteiger partial charge in [-0.15, -0.1) is 0 Å². The number of rotatable bonds is 2. The van der Waals surface area contributed by atoms with E-state index in [0.717, 1.165) is 5.75 Å². The predicted molar refractivity (Wildman–Crippen MR) is 43.4 cm³/mol. The Morgan fingerprint density at radius 1 is 1.55 bits per heavy atom. The molecule has 0 aliphatic carbocycles. The molecule has 3 nitrogen and oxygen atoms in total. The second-order valence-electron chi connectivity index (χ2n) is 2.41. The fourth-order valence-corrected chi connectivity index (χ4v) is 1.66. The summed E-state index contributed by atoms with van der Waals surface area (Å²) in [5, 5.41) is -0.595. The summed E-state index contributed by atoms with van der Waals surface area (Å²) in [5.41, 5.74) is 0. The van der Waals surface area contributed by atoms with Crippen LogP contribution in [0.15, 0.2) is 0 Å². The monoisotopic (exact) mass is 176 g/mol. The molecule has 1 fully saturated rings. The first kappa shape index (κ1) is 9.03. The van der Waals surface area contributed by atoms with Gasteiger partial charge < -0.3 is 9.47 Å². The second-order valence-corrected chi connectivity index (χ2v) is 4.02. The molecule has 1 rings (SSSR count). The van der Waals surface area contributed by atoms with Crippen LogP contribution < -0.4 is 0 Å². The number of hydrogen-bond donors (Lipinski definition) is 0. The van der Waals surface area contributed by atoms with Crippen LogP contribution in [0.5, 0.6) is 0 Å². The number of carbonyl (C=O) groups excluding carboxylic acids is 1. The number of ketones is 1. The standard InChI is InChI=1S/C7H12O3S/c1-3-11-7(2)9-4-6(8)5-10-7/h3-5H2,1-2H3. The Morgan fingerprint density at radius 2 is 2.09 bits per heavy atom. The maximum atomic E-state index is 10.7. The lowest BCUT2D eigenvalue weighted by Crippen LogP contribution is -2.39. The molecule has 0 atom stereocenters. The van der Waals surface area contributed by atoms with Crippen LogP contribution in [0.1, 0.15) is 13.8 Å². The van der Waals surface area contributed by atoms with Crippen molar-refractivity contribution in [1.29, 1.82) is 0 Å². The van der Waals surface area contributed by atoms with Gasteiger partial charge in [-0.25, -0.2) is 0 Å². The van der Waals surface area contributed by atoms with Gasteiger partial charge in [-0.3, -0.25) is 4.79 Å². The summed E-state index contributed by atoms with van der Waals surface area (Å²) >= 11 is 1.56. The molecule has 1 aliphatic heterocycles. The van der Waals surface area contributed by atoms with E-state index in [2.05, 4.69) is 0 Å². The molecule has 64 valence electrons. The lowest BCUT2D eigenvalue weighted by molar-refractivity contribution is -0.196. The van der Waals surface area contributed by atoms with Gasteiger partial charge in [0, 0.05) is 6.92 Å². The van der Waals surface area contributed by atoms with Crippen LogP contribution >= 0.6 is 11.8 Å². The van der Waals surface area contributed by atoms with E-state index in [1.165, 1.54) is 0 Å². The van der Waals surface area contributed by atoms with Crippen LogP contribution in [-0.4, -0.2) is 29.9 Å². The van der Waals surface area contributed by atoms with Crippen molar-refractivity contribution < 1.29 is 14.3 Å². The van der Waals surface area contributed by atoms with Gasteiger partial charge in [-0.2, -0.15) is 0 Å². The number of thioether (sulfide) groups is 1. The minimum atomic E-state index is -0.595. The van der Waals surface area contributed by atoms with Gasteiger partial charge in [0.2, 0.25) is 5.12 Å². The molecule has 0 unspecified atom stereocenters. The molecule has 0 radical (unpaired) electrons. The van der Waals surface area contributed by atoms with E-state index >= 15 is 0 Å². The molecule has 0 N–H and O–H groups in total. The first-order valence-corrected chi connectivity index (χ1v) is 4.58. The van der Waals surface area contributed by atoms with Gasteiger partial charge in [0.25, 0.3) is 0 Å². The van der Waals surface area contributed by atoms with E-state index < -0.39 is 5.12 Å². The van der Waals surface area contributed by atoms with Gasteiger partial charge in [-0.05, 0) is 5.75 Å². The topological polar surface area (TPSA) is 35.5 Å². The average molecular weight is 176 g/mol. The molecule has 0 aromatic heterocycles. The minimum Gasteiger partial charge on any atom is -0.333 e. The SMILES string of the molecule is CCSC1(C)OCC(=O)CO1. The summed E-state index contributed by atoms with van der Waals surface area (Å²) < 4.78 is 10.4. The maximum absolute atomic E-state index is 10.7. The summed E-state index contributed by atoms with van der Waals surface area (Å²) in [4.78, 5) is 10.7. The normalized spacial score (nSPS) is 23.6. The fourth-order valence-electron chi connectivity index (χ4n) is 0.852. The molecule has 1 saturated heterocycles. The summed E-state index contributed by atoms with van der Waals surface area (Å²) in [5.74, 6) is 0.934. The van der Waals surface area contributed by atoms with Gasteiger partial charge in [0.05, 0.1) is 0 Å². The summed E-state index contributed by atoms with van der Waals surface area (Å²) in [6, 6.07) is 0. The highest BCUT2D eigenvalue weighted by Crippen LogP contribution is 2.29. The van der Waals surface area contributed by atoms with Crippen molar-refractivity contribution in [3.8, 4) is 0 Å². The molecule has 0 aromatic carbocycles. The van der Waals surface area contributed by atoms with E-state index in [1.54, 1.807) is 11.8 Å². The van der Waals surface area contributed by atoms with Crippen LogP contribution in [0.2, 0.25) is 0 Å². The van der Waals surface area contributed by atoms with Gasteiger partial charge in [0.15, 0.2) is 5.78 Å². The third-order valence-electron chi connectivity index (χ3n) is 1.40. The van der Waals surface area contributed by atoms with Gasteiger partial charge in [-0.1, -0.05) is 18.7 Å². The quantitative estimate of drug-likeness (QED) is 0.629. The third-order valence-corrected chi connectivity index (χ3v) is 2.45. The lowest BCUT2D eigenvalue weighted by Gasteiger charge is -2.31. The molecule has 11 heavy (non-hydrogen) atoms. The second kappa shape index (κ2) is 3.56. The third kappa shape index (κ3) is 2.47. The summed E-state index contributed by atoms with van der Waals surface area (Å²) in [6.45, 7) is 4.24. The summed E-state index contributed by atoms with van der Waals surface area (Å²) in [6.07, 6.45) is 0. The molecular weight excluding hydrogens is 164 g/mol. The fraction of sp³-hybridized carbons (Fsp3) is 0.857. The van der Waals surface area contributed by atoms with Crippen LogP contribution in [0.3, 0.4) is 0 Å². The highest BCUT2D eigenvalue weighted by molar-refractivity contribution is 8.00. The highest BCUT2D eigenvalue weighted by Gasteiger charge is 2.31. The Bertz CT molecular complexity index is 148.